The Morgan fingerprint density at radius 3 is 1.21 bits per heavy atom. The molecule has 0 bridgehead atoms. The highest BCUT2D eigenvalue weighted by Crippen LogP contribution is 2.64. The van der Waals surface area contributed by atoms with Gasteiger partial charge in [0.15, 0.2) is 0 Å². The minimum Gasteiger partial charge on any atom is -0.465 e. The summed E-state index contributed by atoms with van der Waals surface area (Å²) in [5, 5.41) is 0. The first kappa shape index (κ1) is 31.9. The second-order valence-corrected chi connectivity index (χ2v) is 6.50. The van der Waals surface area contributed by atoms with E-state index < -0.39 is 78.8 Å². The van der Waals surface area contributed by atoms with Crippen molar-refractivity contribution in [2.75, 3.05) is 6.61 Å². The van der Waals surface area contributed by atoms with Crippen molar-refractivity contribution >= 4 is 11.8 Å². The lowest BCUT2D eigenvalue weighted by molar-refractivity contribution is -0.461. The summed E-state index contributed by atoms with van der Waals surface area (Å²) in [7, 11) is 0. The molecule has 0 N–H and O–H groups in total. The molecule has 0 rings (SSSR count). The smallest absolute Gasteiger partial charge is 0.460 e. The van der Waals surface area contributed by atoms with E-state index >= 15 is 0 Å². The minimum absolute atomic E-state index is 0.713. The van der Waals surface area contributed by atoms with Crippen molar-refractivity contribution in [2.24, 2.45) is 0 Å². The number of carbonyl (C=O) groups excluding carboxylic acids is 2. The number of halogens is 17. The van der Waals surface area contributed by atoms with Gasteiger partial charge in [0.25, 0.3) is 0 Å². The van der Waals surface area contributed by atoms with Gasteiger partial charge in [-0.25, -0.2) is 0 Å². The van der Waals surface area contributed by atoms with E-state index in [2.05, 4.69) is 4.74 Å². The van der Waals surface area contributed by atoms with Crippen LogP contribution in [0, 0.1) is 0 Å². The number of Topliss-reactive ketones (excluding diaryl/α,β-unsaturated/α-hetero) is 1. The molecule has 0 saturated heterocycles. The predicted octanol–water partition coefficient (Wildman–Crippen LogP) is 5.91. The molecule has 0 atom stereocenters. The third-order valence-electron chi connectivity index (χ3n) is 3.86. The third kappa shape index (κ3) is 4.85. The van der Waals surface area contributed by atoms with Gasteiger partial charge >= 0.3 is 53.6 Å². The molecule has 0 aliphatic carbocycles. The molecule has 202 valence electrons. The van der Waals surface area contributed by atoms with Crippen LogP contribution in [-0.2, 0) is 14.3 Å². The number of rotatable bonds is 11. The Hall–Kier alpha value is -2.05. The fourth-order valence-electron chi connectivity index (χ4n) is 1.90. The van der Waals surface area contributed by atoms with E-state index in [0.717, 1.165) is 0 Å². The quantitative estimate of drug-likeness (QED) is 0.183. The molecule has 0 unspecified atom stereocenters. The average molecular weight is 548 g/mol. The van der Waals surface area contributed by atoms with E-state index in [9.17, 15) is 84.2 Å². The van der Waals surface area contributed by atoms with E-state index in [1.165, 1.54) is 0 Å². The number of hydrogen-bond acceptors (Lipinski definition) is 3. The fraction of sp³-hybridized carbons (Fsp3) is 0.857. The number of carbonyl (C=O) groups is 2. The van der Waals surface area contributed by atoms with Crippen LogP contribution in [0.25, 0.3) is 0 Å². The molecule has 3 nitrogen and oxygen atoms in total. The lowest BCUT2D eigenvalue weighted by atomic mass is 9.88. The summed E-state index contributed by atoms with van der Waals surface area (Å²) in [6.45, 7) is -1.36. The number of esters is 1. The molecule has 0 spiro atoms. The van der Waals surface area contributed by atoms with Crippen LogP contribution in [0.2, 0.25) is 0 Å². The number of ketones is 1. The van der Waals surface area contributed by atoms with Crippen LogP contribution in [0.1, 0.15) is 19.8 Å². The third-order valence-corrected chi connectivity index (χ3v) is 3.86. The van der Waals surface area contributed by atoms with Crippen LogP contribution in [0.15, 0.2) is 0 Å². The van der Waals surface area contributed by atoms with Crippen molar-refractivity contribution in [3.63, 3.8) is 0 Å². The van der Waals surface area contributed by atoms with Gasteiger partial charge in [0, 0.05) is 0 Å². The highest BCUT2D eigenvalue weighted by Gasteiger charge is 2.95. The Kier molecular flexibility index (Phi) is 8.33. The Balaban J connectivity index is 6.25. The minimum atomic E-state index is -8.70. The zero-order valence-electron chi connectivity index (χ0n) is 15.8. The molecule has 0 aliphatic heterocycles. The van der Waals surface area contributed by atoms with Crippen LogP contribution in [0.4, 0.5) is 74.6 Å². The predicted molar refractivity (Wildman–Crippen MR) is 71.6 cm³/mol. The highest BCUT2D eigenvalue weighted by atomic mass is 19.4. The lowest BCUT2D eigenvalue weighted by Gasteiger charge is -2.42. The van der Waals surface area contributed by atoms with Gasteiger partial charge in [-0.05, 0) is 6.92 Å². The number of alkyl halides is 17. The van der Waals surface area contributed by atoms with Gasteiger partial charge in [-0.15, -0.1) is 0 Å². The molecule has 0 amide bonds. The summed E-state index contributed by atoms with van der Waals surface area (Å²) >= 11 is 0. The Bertz CT molecular complexity index is 768. The maximum atomic E-state index is 13.5. The van der Waals surface area contributed by atoms with Gasteiger partial charge in [0.1, 0.15) is 12.2 Å². The van der Waals surface area contributed by atoms with Gasteiger partial charge in [-0.2, -0.15) is 74.6 Å². The number of ether oxygens (including phenoxy) is 1. The summed E-state index contributed by atoms with van der Waals surface area (Å²) in [5.41, 5.74) is 0. The van der Waals surface area contributed by atoms with E-state index in [1.54, 1.807) is 0 Å². The van der Waals surface area contributed by atoms with Crippen molar-refractivity contribution in [3.8, 4) is 0 Å². The first-order valence-electron chi connectivity index (χ1n) is 7.92. The lowest BCUT2D eigenvalue weighted by Crippen LogP contribution is -2.74. The van der Waals surface area contributed by atoms with Gasteiger partial charge in [0.05, 0.1) is 13.0 Å². The van der Waals surface area contributed by atoms with Gasteiger partial charge < -0.3 is 4.74 Å². The zero-order chi connectivity index (χ0) is 28.0. The number of hydrogen-bond donors (Lipinski definition) is 0. The standard InChI is InChI=1S/C14H9F17O3/c1-5(32)4-6(33)34-3-2-7(15,16)8(17,18)9(19,20)10(21,22)11(23,24)12(25,26)13(27,28)14(29,30)31/h2-4H2,1H3. The monoisotopic (exact) mass is 548 g/mol. The molecule has 20 heteroatoms. The normalized spacial score (nSPS) is 15.4. The summed E-state index contributed by atoms with van der Waals surface area (Å²) < 4.78 is 225. The van der Waals surface area contributed by atoms with E-state index in [0.29, 0.717) is 6.92 Å². The maximum Gasteiger partial charge on any atom is 0.460 e. The second-order valence-electron chi connectivity index (χ2n) is 6.50. The molecule has 0 radical (unpaired) electrons. The Morgan fingerprint density at radius 2 is 0.882 bits per heavy atom. The van der Waals surface area contributed by atoms with Crippen molar-refractivity contribution in [2.45, 2.75) is 67.4 Å². The molecule has 0 aromatic heterocycles. The summed E-state index contributed by atoms with van der Waals surface area (Å²) in [4.78, 5) is 21.4. The molecule has 34 heavy (non-hydrogen) atoms. The Labute approximate surface area is 176 Å². The molecule has 0 heterocycles. The summed E-state index contributed by atoms with van der Waals surface area (Å²) in [6.07, 6.45) is -11.9. The molecule has 0 aromatic carbocycles. The molecular formula is C14H9F17O3. The van der Waals surface area contributed by atoms with Crippen LogP contribution in [0.5, 0.6) is 0 Å². The molecule has 0 aliphatic rings. The summed E-state index contributed by atoms with van der Waals surface area (Å²) in [6, 6.07) is 0. The first-order valence-corrected chi connectivity index (χ1v) is 7.92. The van der Waals surface area contributed by atoms with Gasteiger partial charge in [0.2, 0.25) is 0 Å². The topological polar surface area (TPSA) is 43.4 Å². The van der Waals surface area contributed by atoms with Crippen molar-refractivity contribution in [3.05, 3.63) is 0 Å². The first-order chi connectivity index (χ1) is 14.6. The maximum absolute atomic E-state index is 13.5. The zero-order valence-corrected chi connectivity index (χ0v) is 15.8. The molecule has 0 saturated carbocycles. The van der Waals surface area contributed by atoms with E-state index in [1.807, 2.05) is 0 Å². The fourth-order valence-corrected chi connectivity index (χ4v) is 1.90. The van der Waals surface area contributed by atoms with E-state index in [-0.39, 0.29) is 0 Å². The van der Waals surface area contributed by atoms with Crippen molar-refractivity contribution < 1.29 is 89.0 Å². The highest BCUT2D eigenvalue weighted by molar-refractivity contribution is 5.94. The average Bonchev–Trinajstić information content (AvgIpc) is 2.58. The van der Waals surface area contributed by atoms with Gasteiger partial charge in [-0.3, -0.25) is 9.59 Å². The SMILES string of the molecule is CC(=O)CC(=O)OCCC(F)(F)C(F)(F)C(F)(F)C(F)(F)C(F)(F)C(F)(F)C(F)(F)C(F)(F)F. The summed E-state index contributed by atoms with van der Waals surface area (Å²) in [5.74, 6) is -59.8. The van der Waals surface area contributed by atoms with Crippen molar-refractivity contribution in [1.29, 1.82) is 0 Å². The van der Waals surface area contributed by atoms with Gasteiger partial charge in [-0.1, -0.05) is 0 Å². The van der Waals surface area contributed by atoms with E-state index in [4.69, 9.17) is 0 Å². The van der Waals surface area contributed by atoms with Crippen molar-refractivity contribution in [1.82, 2.24) is 0 Å². The molecular weight excluding hydrogens is 539 g/mol. The molecule has 0 aromatic rings. The van der Waals surface area contributed by atoms with Crippen LogP contribution < -0.4 is 0 Å². The van der Waals surface area contributed by atoms with Crippen LogP contribution in [0.3, 0.4) is 0 Å². The Morgan fingerprint density at radius 1 is 0.559 bits per heavy atom. The van der Waals surface area contributed by atoms with Crippen LogP contribution >= 0.6 is 0 Å². The largest absolute Gasteiger partial charge is 0.465 e. The molecule has 0 fully saturated rings. The van der Waals surface area contributed by atoms with Crippen LogP contribution in [-0.4, -0.2) is 66.0 Å². The second kappa shape index (κ2) is 8.87.